The van der Waals surface area contributed by atoms with Gasteiger partial charge in [0, 0.05) is 11.6 Å². The van der Waals surface area contributed by atoms with E-state index in [4.69, 9.17) is 26.8 Å². The maximum Gasteiger partial charge on any atom is 0.146 e. The van der Waals surface area contributed by atoms with Crippen LogP contribution < -0.4 is 15.2 Å². The number of rotatable bonds is 5. The van der Waals surface area contributed by atoms with E-state index in [1.807, 2.05) is 12.1 Å². The molecular formula is C17H24ClNO2. The predicted octanol–water partition coefficient (Wildman–Crippen LogP) is 4.18. The average Bonchev–Trinajstić information content (AvgIpc) is 3.09. The third kappa shape index (κ3) is 2.74. The van der Waals surface area contributed by atoms with Crippen molar-refractivity contribution in [1.82, 2.24) is 0 Å². The van der Waals surface area contributed by atoms with Crippen LogP contribution in [0.1, 0.15) is 43.7 Å². The lowest BCUT2D eigenvalue weighted by molar-refractivity contribution is 0.293. The van der Waals surface area contributed by atoms with E-state index in [0.717, 1.165) is 29.7 Å². The third-order valence-electron chi connectivity index (χ3n) is 5.36. The summed E-state index contributed by atoms with van der Waals surface area (Å²) in [5.41, 5.74) is 7.46. The zero-order valence-electron chi connectivity index (χ0n) is 12.8. The Bertz CT molecular complexity index is 520. The van der Waals surface area contributed by atoms with Crippen LogP contribution in [0.4, 0.5) is 0 Å². The molecule has 0 aliphatic heterocycles. The molecule has 2 saturated carbocycles. The molecule has 4 heteroatoms. The molecule has 1 aromatic rings. The molecule has 2 fully saturated rings. The summed E-state index contributed by atoms with van der Waals surface area (Å²) < 4.78 is 10.7. The van der Waals surface area contributed by atoms with Crippen molar-refractivity contribution in [2.45, 2.75) is 38.1 Å². The largest absolute Gasteiger partial charge is 0.495 e. The van der Waals surface area contributed by atoms with Gasteiger partial charge in [-0.1, -0.05) is 18.0 Å². The predicted molar refractivity (Wildman–Crippen MR) is 85.0 cm³/mol. The lowest BCUT2D eigenvalue weighted by atomic mass is 9.83. The summed E-state index contributed by atoms with van der Waals surface area (Å²) in [6, 6.07) is 3.84. The van der Waals surface area contributed by atoms with Gasteiger partial charge in [0.2, 0.25) is 0 Å². The lowest BCUT2D eigenvalue weighted by Crippen LogP contribution is -2.20. The molecule has 4 atom stereocenters. The van der Waals surface area contributed by atoms with Gasteiger partial charge in [-0.25, -0.2) is 0 Å². The van der Waals surface area contributed by atoms with Gasteiger partial charge >= 0.3 is 0 Å². The quantitative estimate of drug-likeness (QED) is 0.887. The van der Waals surface area contributed by atoms with Crippen LogP contribution in [-0.4, -0.2) is 14.2 Å². The van der Waals surface area contributed by atoms with Crippen LogP contribution in [0.2, 0.25) is 5.02 Å². The lowest BCUT2D eigenvalue weighted by Gasteiger charge is -2.26. The van der Waals surface area contributed by atoms with Crippen molar-refractivity contribution >= 4 is 11.6 Å². The van der Waals surface area contributed by atoms with Gasteiger partial charge in [0.15, 0.2) is 0 Å². The minimum Gasteiger partial charge on any atom is -0.495 e. The molecule has 0 saturated heterocycles. The maximum absolute atomic E-state index is 6.46. The van der Waals surface area contributed by atoms with Gasteiger partial charge in [0.1, 0.15) is 16.5 Å². The van der Waals surface area contributed by atoms with Gasteiger partial charge < -0.3 is 15.2 Å². The van der Waals surface area contributed by atoms with Crippen molar-refractivity contribution in [2.75, 3.05) is 14.2 Å². The molecule has 0 aromatic heterocycles. The van der Waals surface area contributed by atoms with Crippen molar-refractivity contribution in [3.8, 4) is 11.5 Å². The van der Waals surface area contributed by atoms with E-state index in [1.54, 1.807) is 14.2 Å². The van der Waals surface area contributed by atoms with Gasteiger partial charge in [0.25, 0.3) is 0 Å². The second kappa shape index (κ2) is 6.05. The second-order valence-electron chi connectivity index (χ2n) is 6.48. The third-order valence-corrected chi connectivity index (χ3v) is 5.71. The van der Waals surface area contributed by atoms with Crippen LogP contribution in [0.15, 0.2) is 12.1 Å². The number of benzene rings is 1. The Balaban J connectivity index is 1.78. The van der Waals surface area contributed by atoms with Crippen LogP contribution >= 0.6 is 11.6 Å². The summed E-state index contributed by atoms with van der Waals surface area (Å²) in [7, 11) is 3.24. The SMILES string of the molecule is COc1ccc(C(N)CC2CC3CCC2C3)c(OC)c1Cl. The van der Waals surface area contributed by atoms with Crippen molar-refractivity contribution in [3.63, 3.8) is 0 Å². The summed E-state index contributed by atoms with van der Waals surface area (Å²) in [5.74, 6) is 3.90. The monoisotopic (exact) mass is 309 g/mol. The van der Waals surface area contributed by atoms with E-state index >= 15 is 0 Å². The Morgan fingerprint density at radius 1 is 1.24 bits per heavy atom. The molecule has 1 aromatic carbocycles. The van der Waals surface area contributed by atoms with Crippen LogP contribution in [0.3, 0.4) is 0 Å². The molecule has 2 N–H and O–H groups in total. The first-order valence-electron chi connectivity index (χ1n) is 7.80. The van der Waals surface area contributed by atoms with E-state index in [0.29, 0.717) is 16.5 Å². The molecule has 21 heavy (non-hydrogen) atoms. The van der Waals surface area contributed by atoms with Crippen molar-refractivity contribution in [1.29, 1.82) is 0 Å². The first kappa shape index (κ1) is 15.0. The van der Waals surface area contributed by atoms with Crippen molar-refractivity contribution in [2.24, 2.45) is 23.5 Å². The van der Waals surface area contributed by atoms with Gasteiger partial charge in [0.05, 0.1) is 14.2 Å². The number of halogens is 1. The van der Waals surface area contributed by atoms with Crippen molar-refractivity contribution in [3.05, 3.63) is 22.7 Å². The highest BCUT2D eigenvalue weighted by Crippen LogP contribution is 2.51. The number of methoxy groups -OCH3 is 2. The number of hydrogen-bond acceptors (Lipinski definition) is 3. The number of fused-ring (bicyclic) bond motifs is 2. The normalized spacial score (nSPS) is 28.7. The Hall–Kier alpha value is -0.930. The minimum absolute atomic E-state index is 0.0206. The van der Waals surface area contributed by atoms with Gasteiger partial charge in [-0.3, -0.25) is 0 Å². The fraction of sp³-hybridized carbons (Fsp3) is 0.647. The number of hydrogen-bond donors (Lipinski definition) is 1. The van der Waals surface area contributed by atoms with Crippen molar-refractivity contribution < 1.29 is 9.47 Å². The second-order valence-corrected chi connectivity index (χ2v) is 6.86. The van der Waals surface area contributed by atoms with Gasteiger partial charge in [-0.2, -0.15) is 0 Å². The number of ether oxygens (including phenoxy) is 2. The molecular weight excluding hydrogens is 286 g/mol. The highest BCUT2D eigenvalue weighted by Gasteiger charge is 2.40. The molecule has 2 aliphatic rings. The highest BCUT2D eigenvalue weighted by atomic mass is 35.5. The first-order valence-corrected chi connectivity index (χ1v) is 8.17. The zero-order valence-corrected chi connectivity index (χ0v) is 13.5. The standard InChI is InChI=1S/C17H24ClNO2/c1-20-15-6-5-13(17(21-2)16(15)18)14(19)9-12-8-10-3-4-11(12)7-10/h5-6,10-12,14H,3-4,7-9,19H2,1-2H3. The van der Waals surface area contributed by atoms with Crippen LogP contribution in [0, 0.1) is 17.8 Å². The molecule has 0 radical (unpaired) electrons. The molecule has 3 nitrogen and oxygen atoms in total. The van der Waals surface area contributed by atoms with Crippen LogP contribution in [-0.2, 0) is 0 Å². The van der Waals surface area contributed by atoms with E-state index in [1.165, 1.54) is 25.7 Å². The Morgan fingerprint density at radius 2 is 2.05 bits per heavy atom. The van der Waals surface area contributed by atoms with Crippen LogP contribution in [0.25, 0.3) is 0 Å². The van der Waals surface area contributed by atoms with Crippen LogP contribution in [0.5, 0.6) is 11.5 Å². The molecule has 0 amide bonds. The fourth-order valence-corrected chi connectivity index (χ4v) is 4.65. The average molecular weight is 310 g/mol. The first-order chi connectivity index (χ1) is 10.1. The zero-order chi connectivity index (χ0) is 15.0. The topological polar surface area (TPSA) is 44.5 Å². The number of nitrogens with two attached hydrogens (primary N) is 1. The molecule has 0 spiro atoms. The van der Waals surface area contributed by atoms with E-state index in [-0.39, 0.29) is 6.04 Å². The summed E-state index contributed by atoms with van der Waals surface area (Å²) in [6.07, 6.45) is 6.61. The molecule has 4 unspecified atom stereocenters. The smallest absolute Gasteiger partial charge is 0.146 e. The van der Waals surface area contributed by atoms with E-state index in [9.17, 15) is 0 Å². The molecule has 2 aliphatic carbocycles. The molecule has 0 heterocycles. The fourth-order valence-electron chi connectivity index (χ4n) is 4.33. The van der Waals surface area contributed by atoms with E-state index < -0.39 is 0 Å². The Kier molecular flexibility index (Phi) is 4.32. The van der Waals surface area contributed by atoms with Gasteiger partial charge in [-0.15, -0.1) is 0 Å². The maximum atomic E-state index is 6.46. The summed E-state index contributed by atoms with van der Waals surface area (Å²) >= 11 is 6.33. The summed E-state index contributed by atoms with van der Waals surface area (Å²) in [5, 5.41) is 0.515. The van der Waals surface area contributed by atoms with E-state index in [2.05, 4.69) is 0 Å². The summed E-state index contributed by atoms with van der Waals surface area (Å²) in [6.45, 7) is 0. The highest BCUT2D eigenvalue weighted by molar-refractivity contribution is 6.33. The Labute approximate surface area is 131 Å². The molecule has 116 valence electrons. The molecule has 3 rings (SSSR count). The minimum atomic E-state index is -0.0206. The Morgan fingerprint density at radius 3 is 2.62 bits per heavy atom. The molecule has 2 bridgehead atoms. The summed E-state index contributed by atoms with van der Waals surface area (Å²) in [4.78, 5) is 0. The van der Waals surface area contributed by atoms with Gasteiger partial charge in [-0.05, 0) is 55.6 Å².